The molecular weight excluding hydrogens is 244 g/mol. The molecule has 0 unspecified atom stereocenters. The standard InChI is InChI=1S/C16H21ClO/c1-11(2)12-6-8-13(9-7-12)16(18)14-4-3-5-15(17)10-14/h3-5,10-13H,6-9H2,1-2H3. The molecule has 0 bridgehead atoms. The minimum atomic E-state index is 0.207. The third-order valence-corrected chi connectivity index (χ3v) is 4.43. The lowest BCUT2D eigenvalue weighted by Crippen LogP contribution is -2.24. The largest absolute Gasteiger partial charge is 0.294 e. The van der Waals surface area contributed by atoms with Crippen LogP contribution in [0.1, 0.15) is 49.9 Å². The van der Waals surface area contributed by atoms with Gasteiger partial charge in [0.05, 0.1) is 0 Å². The number of carbonyl (C=O) groups is 1. The highest BCUT2D eigenvalue weighted by Crippen LogP contribution is 2.34. The molecule has 0 saturated heterocycles. The summed E-state index contributed by atoms with van der Waals surface area (Å²) in [4.78, 5) is 12.4. The average Bonchev–Trinajstić information content (AvgIpc) is 2.38. The number of hydrogen-bond donors (Lipinski definition) is 0. The Morgan fingerprint density at radius 3 is 2.44 bits per heavy atom. The van der Waals surface area contributed by atoms with Crippen LogP contribution < -0.4 is 0 Å². The molecule has 0 aliphatic heterocycles. The van der Waals surface area contributed by atoms with Gasteiger partial charge in [-0.15, -0.1) is 0 Å². The number of ketones is 1. The van der Waals surface area contributed by atoms with Gasteiger partial charge in [0, 0.05) is 16.5 Å². The van der Waals surface area contributed by atoms with Gasteiger partial charge in [0.2, 0.25) is 0 Å². The first kappa shape index (κ1) is 13.6. The Kier molecular flexibility index (Phi) is 4.45. The Balaban J connectivity index is 1.99. The second-order valence-electron chi connectivity index (χ2n) is 5.73. The Hall–Kier alpha value is -0.820. The summed E-state index contributed by atoms with van der Waals surface area (Å²) in [6.07, 6.45) is 4.45. The van der Waals surface area contributed by atoms with Crippen molar-refractivity contribution < 1.29 is 4.79 Å². The van der Waals surface area contributed by atoms with Gasteiger partial charge in [-0.2, -0.15) is 0 Å². The molecule has 1 aliphatic carbocycles. The summed E-state index contributed by atoms with van der Waals surface area (Å²) in [7, 11) is 0. The van der Waals surface area contributed by atoms with E-state index < -0.39 is 0 Å². The summed E-state index contributed by atoms with van der Waals surface area (Å²) < 4.78 is 0. The number of rotatable bonds is 3. The maximum Gasteiger partial charge on any atom is 0.165 e. The van der Waals surface area contributed by atoms with Gasteiger partial charge < -0.3 is 0 Å². The van der Waals surface area contributed by atoms with Gasteiger partial charge in [-0.05, 0) is 49.7 Å². The van der Waals surface area contributed by atoms with Crippen LogP contribution in [0.3, 0.4) is 0 Å². The van der Waals surface area contributed by atoms with Gasteiger partial charge in [0.15, 0.2) is 5.78 Å². The molecule has 0 amide bonds. The second kappa shape index (κ2) is 5.88. The minimum absolute atomic E-state index is 0.207. The smallest absolute Gasteiger partial charge is 0.165 e. The molecule has 2 heteroatoms. The molecule has 98 valence electrons. The van der Waals surface area contributed by atoms with Crippen molar-refractivity contribution >= 4 is 17.4 Å². The number of carbonyl (C=O) groups excluding carboxylic acids is 1. The number of benzene rings is 1. The number of hydrogen-bond acceptors (Lipinski definition) is 1. The van der Waals surface area contributed by atoms with Crippen LogP contribution >= 0.6 is 11.6 Å². The predicted molar refractivity (Wildman–Crippen MR) is 76.1 cm³/mol. The first-order valence-corrected chi connectivity index (χ1v) is 7.25. The van der Waals surface area contributed by atoms with E-state index in [1.165, 1.54) is 12.8 Å². The summed E-state index contributed by atoms with van der Waals surface area (Å²) in [5.41, 5.74) is 0.774. The summed E-state index contributed by atoms with van der Waals surface area (Å²) in [5.74, 6) is 2.03. The molecule has 0 radical (unpaired) electrons. The highest BCUT2D eigenvalue weighted by molar-refractivity contribution is 6.31. The van der Waals surface area contributed by atoms with E-state index in [-0.39, 0.29) is 11.7 Å². The van der Waals surface area contributed by atoms with Crippen LogP contribution in [-0.2, 0) is 0 Å². The fraction of sp³-hybridized carbons (Fsp3) is 0.562. The summed E-state index contributed by atoms with van der Waals surface area (Å²) in [6.45, 7) is 4.56. The van der Waals surface area contributed by atoms with E-state index in [0.717, 1.165) is 30.2 Å². The zero-order valence-corrected chi connectivity index (χ0v) is 11.9. The van der Waals surface area contributed by atoms with E-state index >= 15 is 0 Å². The van der Waals surface area contributed by atoms with Crippen LogP contribution in [0.25, 0.3) is 0 Å². The van der Waals surface area contributed by atoms with Crippen molar-refractivity contribution in [3.05, 3.63) is 34.9 Å². The summed E-state index contributed by atoms with van der Waals surface area (Å²) >= 11 is 5.94. The van der Waals surface area contributed by atoms with E-state index in [9.17, 15) is 4.79 Å². The quantitative estimate of drug-likeness (QED) is 0.704. The first-order chi connectivity index (χ1) is 8.58. The lowest BCUT2D eigenvalue weighted by molar-refractivity contribution is 0.0859. The Morgan fingerprint density at radius 1 is 1.22 bits per heavy atom. The van der Waals surface area contributed by atoms with Gasteiger partial charge in [-0.3, -0.25) is 4.79 Å². The van der Waals surface area contributed by atoms with Crippen molar-refractivity contribution in [2.45, 2.75) is 39.5 Å². The van der Waals surface area contributed by atoms with Gasteiger partial charge in [0.1, 0.15) is 0 Å². The molecule has 1 nitrogen and oxygen atoms in total. The van der Waals surface area contributed by atoms with Crippen molar-refractivity contribution in [3.63, 3.8) is 0 Å². The third-order valence-electron chi connectivity index (χ3n) is 4.19. The second-order valence-corrected chi connectivity index (χ2v) is 6.17. The fourth-order valence-electron chi connectivity index (χ4n) is 2.93. The van der Waals surface area contributed by atoms with E-state index in [4.69, 9.17) is 11.6 Å². The summed E-state index contributed by atoms with van der Waals surface area (Å²) in [6, 6.07) is 7.34. The molecule has 0 N–H and O–H groups in total. The molecule has 0 aromatic heterocycles. The van der Waals surface area contributed by atoms with Crippen LogP contribution in [0.4, 0.5) is 0 Å². The van der Waals surface area contributed by atoms with E-state index in [1.54, 1.807) is 6.07 Å². The lowest BCUT2D eigenvalue weighted by atomic mass is 9.75. The molecule has 1 aromatic carbocycles. The van der Waals surface area contributed by atoms with E-state index in [2.05, 4.69) is 13.8 Å². The van der Waals surface area contributed by atoms with Crippen molar-refractivity contribution in [3.8, 4) is 0 Å². The maximum atomic E-state index is 12.4. The molecule has 1 aliphatic rings. The van der Waals surface area contributed by atoms with Crippen molar-refractivity contribution in [2.75, 3.05) is 0 Å². The molecule has 2 rings (SSSR count). The van der Waals surface area contributed by atoms with Crippen LogP contribution in [0.2, 0.25) is 5.02 Å². The Bertz CT molecular complexity index is 417. The monoisotopic (exact) mass is 264 g/mol. The zero-order valence-electron chi connectivity index (χ0n) is 11.2. The summed E-state index contributed by atoms with van der Waals surface area (Å²) in [5, 5.41) is 0.650. The molecule has 1 fully saturated rings. The normalized spacial score (nSPS) is 24.2. The van der Waals surface area contributed by atoms with Crippen molar-refractivity contribution in [1.29, 1.82) is 0 Å². The SMILES string of the molecule is CC(C)C1CCC(C(=O)c2cccc(Cl)c2)CC1. The minimum Gasteiger partial charge on any atom is -0.294 e. The molecule has 0 heterocycles. The lowest BCUT2D eigenvalue weighted by Gasteiger charge is -2.30. The van der Waals surface area contributed by atoms with Gasteiger partial charge in [-0.1, -0.05) is 37.6 Å². The van der Waals surface area contributed by atoms with Crippen LogP contribution in [-0.4, -0.2) is 5.78 Å². The fourth-order valence-corrected chi connectivity index (χ4v) is 3.12. The van der Waals surface area contributed by atoms with E-state index in [1.807, 2.05) is 18.2 Å². The maximum absolute atomic E-state index is 12.4. The van der Waals surface area contributed by atoms with Crippen molar-refractivity contribution in [1.82, 2.24) is 0 Å². The third kappa shape index (κ3) is 3.14. The van der Waals surface area contributed by atoms with Crippen LogP contribution in [0.5, 0.6) is 0 Å². The van der Waals surface area contributed by atoms with Gasteiger partial charge >= 0.3 is 0 Å². The molecule has 0 atom stereocenters. The number of Topliss-reactive ketones (excluding diaryl/α,β-unsaturated/α-hetero) is 1. The van der Waals surface area contributed by atoms with E-state index in [0.29, 0.717) is 5.02 Å². The Labute approximate surface area is 115 Å². The zero-order chi connectivity index (χ0) is 13.1. The first-order valence-electron chi connectivity index (χ1n) is 6.87. The molecular formula is C16H21ClO. The molecule has 1 aromatic rings. The van der Waals surface area contributed by atoms with Gasteiger partial charge in [-0.25, -0.2) is 0 Å². The van der Waals surface area contributed by atoms with Crippen LogP contribution in [0, 0.1) is 17.8 Å². The van der Waals surface area contributed by atoms with Crippen molar-refractivity contribution in [2.24, 2.45) is 17.8 Å². The average molecular weight is 265 g/mol. The number of halogens is 1. The molecule has 0 spiro atoms. The van der Waals surface area contributed by atoms with Crippen LogP contribution in [0.15, 0.2) is 24.3 Å². The predicted octanol–water partition coefficient (Wildman–Crippen LogP) is 4.99. The highest BCUT2D eigenvalue weighted by atomic mass is 35.5. The molecule has 1 saturated carbocycles. The van der Waals surface area contributed by atoms with Gasteiger partial charge in [0.25, 0.3) is 0 Å². The molecule has 18 heavy (non-hydrogen) atoms. The Morgan fingerprint density at radius 2 is 1.89 bits per heavy atom. The highest BCUT2D eigenvalue weighted by Gasteiger charge is 2.28. The topological polar surface area (TPSA) is 17.1 Å².